The van der Waals surface area contributed by atoms with Crippen LogP contribution in [0.1, 0.15) is 112 Å². The van der Waals surface area contributed by atoms with Crippen LogP contribution in [0.4, 0.5) is 0 Å². The lowest BCUT2D eigenvalue weighted by molar-refractivity contribution is -0.167. The number of aliphatic carboxylic acids is 2. The number of hydrogen-bond donors (Lipinski definition) is 4. The topological polar surface area (TPSA) is 397 Å². The van der Waals surface area contributed by atoms with Crippen molar-refractivity contribution in [3.63, 3.8) is 0 Å². The Morgan fingerprint density at radius 1 is 0.299 bits per heavy atom. The molecule has 0 radical (unpaired) electrons. The molecule has 4 aliphatic carbocycles. The van der Waals surface area contributed by atoms with Gasteiger partial charge in [-0.15, -0.1) is 0 Å². The van der Waals surface area contributed by atoms with Crippen molar-refractivity contribution in [2.24, 2.45) is 23.7 Å². The van der Waals surface area contributed by atoms with Crippen LogP contribution in [0.25, 0.3) is 33.4 Å². The Kier molecular flexibility index (Phi) is 29.6. The smallest absolute Gasteiger partial charge is 0.339 e. The average molecular weight is 1810 g/mol. The Bertz CT molecular complexity index is 6170. The Morgan fingerprint density at radius 2 is 0.560 bits per heavy atom. The van der Waals surface area contributed by atoms with E-state index in [0.717, 1.165) is 115 Å². The molecular weight excluding hydrogens is 1720 g/mol. The maximum Gasteiger partial charge on any atom is 0.339 e. The summed E-state index contributed by atoms with van der Waals surface area (Å²) in [4.78, 5) is 156. The highest BCUT2D eigenvalue weighted by atomic mass is 16.6. The van der Waals surface area contributed by atoms with Crippen molar-refractivity contribution in [2.45, 2.75) is 60.9 Å². The zero-order valence-corrected chi connectivity index (χ0v) is 72.1. The summed E-state index contributed by atoms with van der Waals surface area (Å²) in [5.74, 6) is -15.5. The molecule has 0 amide bonds. The predicted molar refractivity (Wildman–Crippen MR) is 484 cm³/mol. The molecule has 10 aromatic carbocycles. The summed E-state index contributed by atoms with van der Waals surface area (Å²) in [6, 6.07) is 67.7. The number of aromatic carboxylic acids is 2. The average Bonchev–Trinajstić information content (AvgIpc) is 1.55. The maximum absolute atomic E-state index is 14.6. The second kappa shape index (κ2) is 42.4. The molecule has 0 spiro atoms. The van der Waals surface area contributed by atoms with Crippen molar-refractivity contribution in [2.75, 3.05) is 52.9 Å². The quantitative estimate of drug-likeness (QED) is 0.0120. The highest BCUT2D eigenvalue weighted by Gasteiger charge is 2.49. The van der Waals surface area contributed by atoms with Gasteiger partial charge in [0.15, 0.2) is 24.4 Å². The molecule has 0 fully saturated rings. The van der Waals surface area contributed by atoms with Crippen LogP contribution in [0.15, 0.2) is 305 Å². The second-order valence-corrected chi connectivity index (χ2v) is 31.7. The molecule has 28 nitrogen and oxygen atoms in total. The van der Waals surface area contributed by atoms with Gasteiger partial charge in [-0.05, 0) is 176 Å². The minimum atomic E-state index is -1.60. The zero-order chi connectivity index (χ0) is 94.7. The molecule has 0 saturated carbocycles. The van der Waals surface area contributed by atoms with Crippen LogP contribution in [0, 0.1) is 23.7 Å². The number of ether oxygens (including phenoxy) is 12. The molecular formula is C106H90O28. The van der Waals surface area contributed by atoms with Crippen LogP contribution < -0.4 is 18.9 Å². The Hall–Kier alpha value is -16.5. The van der Waals surface area contributed by atoms with Crippen molar-refractivity contribution in [3.8, 4) is 56.4 Å². The fourth-order valence-corrected chi connectivity index (χ4v) is 17.2. The van der Waals surface area contributed by atoms with E-state index < -0.39 is 192 Å². The number of carbonyl (C=O) groups excluding carboxylic acids is 8. The molecule has 4 N–H and O–H groups in total. The standard InChI is InChI=1S/C106H90O28/c1-5-93(107)127-59-73(131-101(119)84-27-11-9-25-81(84)97(111)112)55-123-69-43-35-65(36-44-69)105(89-29-17-13-21-77(89)78-22-14-18-30-90(78)105)67-39-47-71(48-40-67)125-57-75(61-129-95(109)7-3)133-103(121)86-52-34-63(53-87(86)100(117)118)64-33-51-83(99(115)116)88(54-64)104(122)134-76(62-130-96(110)8-4)58-126-72-49-41-68(42-50-72)106(91-31-19-15-23-79(91)80-24-16-20-32-92(80)106)66-37-45-70(46-38-66)124-56-74(60-128-94(108)6-2)132-102(120)85-28-12-10-26-82(85)98(113)114/h5-24,29-54,73-76,81-82,84-85H,1-4,25-28,55-62H2,(H,111,112)(H,113,114)(H,115,116)(H,117,118). The first kappa shape index (κ1) is 93.6. The van der Waals surface area contributed by atoms with Gasteiger partial charge >= 0.3 is 71.6 Å². The van der Waals surface area contributed by atoms with Gasteiger partial charge in [-0.3, -0.25) is 19.2 Å². The van der Waals surface area contributed by atoms with E-state index in [1.54, 1.807) is 72.8 Å². The summed E-state index contributed by atoms with van der Waals surface area (Å²) in [5.41, 5.74) is 6.82. The fourth-order valence-electron chi connectivity index (χ4n) is 17.2. The Labute approximate surface area is 768 Å². The van der Waals surface area contributed by atoms with E-state index in [2.05, 4.69) is 26.3 Å². The minimum absolute atomic E-state index is 0.0755. The maximum atomic E-state index is 14.6. The Morgan fingerprint density at radius 3 is 0.843 bits per heavy atom. The van der Waals surface area contributed by atoms with Crippen LogP contribution in [-0.4, -0.2) is 169 Å². The first-order valence-corrected chi connectivity index (χ1v) is 42.7. The third-order valence-corrected chi connectivity index (χ3v) is 23.6. The Balaban J connectivity index is 0.666. The second-order valence-electron chi connectivity index (χ2n) is 31.7. The van der Waals surface area contributed by atoms with Gasteiger partial charge in [0, 0.05) is 24.3 Å². The molecule has 134 heavy (non-hydrogen) atoms. The van der Waals surface area contributed by atoms with Crippen molar-refractivity contribution < 1.29 is 135 Å². The highest BCUT2D eigenvalue weighted by Crippen LogP contribution is 2.58. The van der Waals surface area contributed by atoms with Crippen LogP contribution >= 0.6 is 0 Å². The van der Waals surface area contributed by atoms with Crippen LogP contribution in [0.2, 0.25) is 0 Å². The van der Waals surface area contributed by atoms with Crippen molar-refractivity contribution >= 4 is 71.6 Å². The number of allylic oxidation sites excluding steroid dienone is 4. The molecule has 4 aliphatic rings. The van der Waals surface area contributed by atoms with Crippen LogP contribution in [0.3, 0.4) is 0 Å². The number of carboxylic acid groups (broad SMARTS) is 4. The monoisotopic (exact) mass is 1810 g/mol. The predicted octanol–water partition coefficient (Wildman–Crippen LogP) is 15.5. The number of rotatable bonds is 41. The third-order valence-electron chi connectivity index (χ3n) is 23.6. The van der Waals surface area contributed by atoms with Gasteiger partial charge in [0.05, 0.1) is 56.8 Å². The summed E-state index contributed by atoms with van der Waals surface area (Å²) < 4.78 is 69.5. The third kappa shape index (κ3) is 20.5. The molecule has 0 aromatic heterocycles. The van der Waals surface area contributed by atoms with E-state index >= 15 is 0 Å². The number of esters is 8. The SMILES string of the molecule is C=CC(=O)OCC(COc1ccc(C2(c3ccc(OCC(COC(=O)C=C)OC(=O)C4CC=CCC4C(=O)O)cc3)c3ccccc3-c3ccccc32)cc1)OC(=O)c1ccc(-c2ccc(C(=O)O)c(C(=O)OC(COC(=O)C=C)COc3ccc(C4(c5ccc(OCC(COC(=O)C=C)OC(=O)C6CC=CCC6C(=O)O)cc5)c5ccccc5-c5ccccc54)cc3)c2)cc1C(=O)O. The number of hydrogen-bond acceptors (Lipinski definition) is 24. The van der Waals surface area contributed by atoms with E-state index in [1.807, 2.05) is 146 Å². The minimum Gasteiger partial charge on any atom is -0.490 e. The normalized spacial score (nSPS) is 16.3. The number of fused-ring (bicyclic) bond motifs is 6. The summed E-state index contributed by atoms with van der Waals surface area (Å²) in [6.07, 6.45) is 6.01. The van der Waals surface area contributed by atoms with Gasteiger partial charge in [-0.25, -0.2) is 38.4 Å². The van der Waals surface area contributed by atoms with E-state index in [9.17, 15) is 78.0 Å². The lowest BCUT2D eigenvalue weighted by Crippen LogP contribution is -2.37. The van der Waals surface area contributed by atoms with Crippen molar-refractivity contribution in [3.05, 3.63) is 372 Å². The fraction of sp³-hybridized carbons (Fsp3) is 0.208. The first-order valence-electron chi connectivity index (χ1n) is 42.7. The molecule has 0 aliphatic heterocycles. The van der Waals surface area contributed by atoms with Crippen molar-refractivity contribution in [1.82, 2.24) is 0 Å². The van der Waals surface area contributed by atoms with E-state index in [1.165, 1.54) is 12.1 Å². The number of carboxylic acids is 4. The summed E-state index contributed by atoms with van der Waals surface area (Å²) in [6.45, 7) is 10.3. The summed E-state index contributed by atoms with van der Waals surface area (Å²) in [7, 11) is 0. The molecule has 10 aromatic rings. The van der Waals surface area contributed by atoms with E-state index in [0.29, 0.717) is 11.5 Å². The molecule has 0 bridgehead atoms. The van der Waals surface area contributed by atoms with Crippen LogP contribution in [-0.2, 0) is 87.1 Å². The number of benzene rings is 10. The van der Waals surface area contributed by atoms with E-state index in [4.69, 9.17) is 56.8 Å². The van der Waals surface area contributed by atoms with Gasteiger partial charge in [0.25, 0.3) is 0 Å². The molecule has 0 heterocycles. The molecule has 0 saturated heterocycles. The molecule has 8 unspecified atom stereocenters. The molecule has 8 atom stereocenters. The van der Waals surface area contributed by atoms with Gasteiger partial charge in [0.2, 0.25) is 0 Å². The first-order chi connectivity index (χ1) is 64.8. The summed E-state index contributed by atoms with van der Waals surface area (Å²) >= 11 is 0. The molecule has 14 rings (SSSR count). The zero-order valence-electron chi connectivity index (χ0n) is 72.1. The lowest BCUT2D eigenvalue weighted by Gasteiger charge is -2.34. The number of carbonyl (C=O) groups is 12. The molecule has 28 heteroatoms. The largest absolute Gasteiger partial charge is 0.490 e. The van der Waals surface area contributed by atoms with Gasteiger partial charge in [-0.1, -0.05) is 208 Å². The van der Waals surface area contributed by atoms with Gasteiger partial charge in [-0.2, -0.15) is 0 Å². The molecule has 682 valence electrons. The van der Waals surface area contributed by atoms with Crippen LogP contribution in [0.5, 0.6) is 23.0 Å². The lowest BCUT2D eigenvalue weighted by atomic mass is 9.68. The van der Waals surface area contributed by atoms with Gasteiger partial charge in [0.1, 0.15) is 75.9 Å². The van der Waals surface area contributed by atoms with E-state index in [-0.39, 0.29) is 61.5 Å². The highest BCUT2D eigenvalue weighted by molar-refractivity contribution is 6.06. The van der Waals surface area contributed by atoms with Crippen molar-refractivity contribution in [1.29, 1.82) is 0 Å². The summed E-state index contributed by atoms with van der Waals surface area (Å²) in [5, 5.41) is 41.0. The van der Waals surface area contributed by atoms with Gasteiger partial charge < -0.3 is 77.3 Å².